The van der Waals surface area contributed by atoms with Gasteiger partial charge in [-0.05, 0) is 37.0 Å². The van der Waals surface area contributed by atoms with Crippen LogP contribution in [0.25, 0.3) is 0 Å². The largest absolute Gasteiger partial charge is 0.496 e. The summed E-state index contributed by atoms with van der Waals surface area (Å²) in [6, 6.07) is 5.29. The highest BCUT2D eigenvalue weighted by Crippen LogP contribution is 2.24. The molecule has 1 N–H and O–H groups in total. The minimum Gasteiger partial charge on any atom is -0.496 e. The second-order valence-corrected chi connectivity index (χ2v) is 5.60. The first-order chi connectivity index (χ1) is 9.63. The number of carbonyl (C=O) groups is 1. The molecule has 0 spiro atoms. The molecule has 1 aliphatic heterocycles. The molecule has 0 saturated carbocycles. The maximum absolute atomic E-state index is 12.4. The van der Waals surface area contributed by atoms with Crippen LogP contribution in [0.5, 0.6) is 5.75 Å². The van der Waals surface area contributed by atoms with Crippen LogP contribution >= 0.6 is 11.6 Å². The summed E-state index contributed by atoms with van der Waals surface area (Å²) in [5.74, 6) is 0.941. The highest BCUT2D eigenvalue weighted by Gasteiger charge is 2.23. The number of methoxy groups -OCH3 is 1. The number of aliphatic hydroxyl groups is 1. The third-order valence-electron chi connectivity index (χ3n) is 3.71. The molecule has 5 heteroatoms. The Labute approximate surface area is 124 Å². The molecule has 2 rings (SSSR count). The SMILES string of the molecule is COc1ccc(Cl)cc1CC(=O)N1CCCC(CO)C1. The van der Waals surface area contributed by atoms with Gasteiger partial charge >= 0.3 is 0 Å². The van der Waals surface area contributed by atoms with Crippen molar-refractivity contribution in [3.63, 3.8) is 0 Å². The molecule has 1 fully saturated rings. The summed E-state index contributed by atoms with van der Waals surface area (Å²) < 4.78 is 5.26. The lowest BCUT2D eigenvalue weighted by atomic mass is 9.98. The molecule has 0 radical (unpaired) electrons. The van der Waals surface area contributed by atoms with Crippen molar-refractivity contribution in [3.8, 4) is 5.75 Å². The maximum atomic E-state index is 12.4. The highest BCUT2D eigenvalue weighted by molar-refractivity contribution is 6.30. The van der Waals surface area contributed by atoms with Crippen molar-refractivity contribution < 1.29 is 14.6 Å². The molecule has 0 bridgehead atoms. The smallest absolute Gasteiger partial charge is 0.227 e. The zero-order valence-electron chi connectivity index (χ0n) is 11.6. The van der Waals surface area contributed by atoms with Crippen LogP contribution in [0.2, 0.25) is 5.02 Å². The molecule has 0 aliphatic carbocycles. The van der Waals surface area contributed by atoms with Gasteiger partial charge in [-0.15, -0.1) is 0 Å². The number of amides is 1. The molecule has 1 aromatic carbocycles. The van der Waals surface area contributed by atoms with Gasteiger partial charge in [-0.25, -0.2) is 0 Å². The van der Waals surface area contributed by atoms with E-state index in [1.165, 1.54) is 0 Å². The van der Waals surface area contributed by atoms with Crippen molar-refractivity contribution >= 4 is 17.5 Å². The van der Waals surface area contributed by atoms with Crippen LogP contribution in [0.15, 0.2) is 18.2 Å². The molecule has 0 aromatic heterocycles. The molecule has 1 saturated heterocycles. The van der Waals surface area contributed by atoms with Crippen molar-refractivity contribution in [3.05, 3.63) is 28.8 Å². The van der Waals surface area contributed by atoms with Crippen LogP contribution in [0.4, 0.5) is 0 Å². The van der Waals surface area contributed by atoms with Crippen LogP contribution < -0.4 is 4.74 Å². The summed E-state index contributed by atoms with van der Waals surface area (Å²) in [7, 11) is 1.58. The second-order valence-electron chi connectivity index (χ2n) is 5.16. The van der Waals surface area contributed by atoms with Gasteiger partial charge in [0.15, 0.2) is 0 Å². The summed E-state index contributed by atoms with van der Waals surface area (Å²) in [5.41, 5.74) is 0.802. The fraction of sp³-hybridized carbons (Fsp3) is 0.533. The number of ether oxygens (including phenoxy) is 1. The normalized spacial score (nSPS) is 18.9. The van der Waals surface area contributed by atoms with Crippen LogP contribution in [0, 0.1) is 5.92 Å². The molecule has 1 amide bonds. The first kappa shape index (κ1) is 15.1. The molecule has 1 heterocycles. The zero-order valence-corrected chi connectivity index (χ0v) is 12.4. The van der Waals surface area contributed by atoms with E-state index in [4.69, 9.17) is 16.3 Å². The Kier molecular flexibility index (Phi) is 5.26. The number of piperidine rings is 1. The minimum atomic E-state index is 0.0590. The summed E-state index contributed by atoms with van der Waals surface area (Å²) in [6.45, 7) is 1.54. The maximum Gasteiger partial charge on any atom is 0.227 e. The number of hydrogen-bond donors (Lipinski definition) is 1. The summed E-state index contributed by atoms with van der Waals surface area (Å²) in [6.07, 6.45) is 2.21. The first-order valence-corrected chi connectivity index (χ1v) is 7.23. The van der Waals surface area contributed by atoms with E-state index in [9.17, 15) is 9.90 Å². The fourth-order valence-electron chi connectivity index (χ4n) is 2.60. The van der Waals surface area contributed by atoms with E-state index in [0.29, 0.717) is 17.3 Å². The molecule has 1 unspecified atom stereocenters. The molecule has 1 aromatic rings. The minimum absolute atomic E-state index is 0.0590. The van der Waals surface area contributed by atoms with Crippen molar-refractivity contribution in [2.24, 2.45) is 5.92 Å². The Morgan fingerprint density at radius 1 is 1.55 bits per heavy atom. The number of benzene rings is 1. The standard InChI is InChI=1S/C15H20ClNO3/c1-20-14-5-4-13(16)7-12(14)8-15(19)17-6-2-3-11(9-17)10-18/h4-5,7,11,18H,2-3,6,8-10H2,1H3. The van der Waals surface area contributed by atoms with Gasteiger partial charge in [0.25, 0.3) is 0 Å². The number of halogens is 1. The Morgan fingerprint density at radius 2 is 2.35 bits per heavy atom. The lowest BCUT2D eigenvalue weighted by Crippen LogP contribution is -2.41. The predicted molar refractivity (Wildman–Crippen MR) is 78.1 cm³/mol. The van der Waals surface area contributed by atoms with Gasteiger partial charge in [0.1, 0.15) is 5.75 Å². The number of hydrogen-bond acceptors (Lipinski definition) is 3. The predicted octanol–water partition coefficient (Wildman–Crippen LogP) is 2.12. The van der Waals surface area contributed by atoms with E-state index in [2.05, 4.69) is 0 Å². The van der Waals surface area contributed by atoms with E-state index >= 15 is 0 Å². The summed E-state index contributed by atoms with van der Waals surface area (Å²) in [4.78, 5) is 14.2. The van der Waals surface area contributed by atoms with Gasteiger partial charge in [-0.2, -0.15) is 0 Å². The number of likely N-dealkylation sites (tertiary alicyclic amines) is 1. The van der Waals surface area contributed by atoms with E-state index in [1.54, 1.807) is 25.3 Å². The number of aliphatic hydroxyl groups excluding tert-OH is 1. The Hall–Kier alpha value is -1.26. The zero-order chi connectivity index (χ0) is 14.5. The van der Waals surface area contributed by atoms with Crippen LogP contribution in [0.1, 0.15) is 18.4 Å². The van der Waals surface area contributed by atoms with E-state index in [1.807, 2.05) is 4.90 Å². The second kappa shape index (κ2) is 6.95. The van der Waals surface area contributed by atoms with E-state index in [-0.39, 0.29) is 24.9 Å². The van der Waals surface area contributed by atoms with Gasteiger partial charge in [-0.3, -0.25) is 4.79 Å². The van der Waals surface area contributed by atoms with Crippen LogP contribution in [-0.2, 0) is 11.2 Å². The van der Waals surface area contributed by atoms with Crippen molar-refractivity contribution in [1.29, 1.82) is 0 Å². The molecular weight excluding hydrogens is 278 g/mol. The molecule has 1 atom stereocenters. The van der Waals surface area contributed by atoms with Gasteiger partial charge in [0.2, 0.25) is 5.91 Å². The third-order valence-corrected chi connectivity index (χ3v) is 3.95. The fourth-order valence-corrected chi connectivity index (χ4v) is 2.80. The van der Waals surface area contributed by atoms with Crippen molar-refractivity contribution in [2.75, 3.05) is 26.8 Å². The monoisotopic (exact) mass is 297 g/mol. The summed E-state index contributed by atoms with van der Waals surface area (Å²) >= 11 is 5.98. The Balaban J connectivity index is 2.05. The molecule has 1 aliphatic rings. The third kappa shape index (κ3) is 3.64. The van der Waals surface area contributed by atoms with Crippen molar-refractivity contribution in [2.45, 2.75) is 19.3 Å². The average molecular weight is 298 g/mol. The topological polar surface area (TPSA) is 49.8 Å². The molecule has 110 valence electrons. The van der Waals surface area contributed by atoms with Crippen molar-refractivity contribution in [1.82, 2.24) is 4.90 Å². The van der Waals surface area contributed by atoms with Gasteiger partial charge in [-0.1, -0.05) is 11.6 Å². The van der Waals surface area contributed by atoms with E-state index in [0.717, 1.165) is 24.9 Å². The number of nitrogens with zero attached hydrogens (tertiary/aromatic N) is 1. The molecule has 20 heavy (non-hydrogen) atoms. The quantitative estimate of drug-likeness (QED) is 0.926. The van der Waals surface area contributed by atoms with Crippen LogP contribution in [0.3, 0.4) is 0 Å². The first-order valence-electron chi connectivity index (χ1n) is 6.85. The number of carbonyl (C=O) groups excluding carboxylic acids is 1. The average Bonchev–Trinajstić information content (AvgIpc) is 2.47. The number of rotatable bonds is 4. The lowest BCUT2D eigenvalue weighted by molar-refractivity contribution is -0.132. The van der Waals surface area contributed by atoms with Crippen LogP contribution in [-0.4, -0.2) is 42.7 Å². The van der Waals surface area contributed by atoms with Gasteiger partial charge < -0.3 is 14.7 Å². The lowest BCUT2D eigenvalue weighted by Gasteiger charge is -2.32. The van der Waals surface area contributed by atoms with Gasteiger partial charge in [0.05, 0.1) is 13.5 Å². The molecule has 4 nitrogen and oxygen atoms in total. The highest BCUT2D eigenvalue weighted by atomic mass is 35.5. The Morgan fingerprint density at radius 3 is 3.05 bits per heavy atom. The van der Waals surface area contributed by atoms with E-state index < -0.39 is 0 Å². The molecular formula is C15H20ClNO3. The summed E-state index contributed by atoms with van der Waals surface area (Å²) in [5, 5.41) is 9.82. The Bertz CT molecular complexity index is 478. The van der Waals surface area contributed by atoms with Gasteiger partial charge in [0, 0.05) is 30.3 Å².